The van der Waals surface area contributed by atoms with E-state index in [2.05, 4.69) is 85.6 Å². The summed E-state index contributed by atoms with van der Waals surface area (Å²) in [5, 5.41) is 2.40. The number of benzene rings is 2. The first kappa shape index (κ1) is 20.2. The van der Waals surface area contributed by atoms with Crippen molar-refractivity contribution >= 4 is 18.7 Å². The van der Waals surface area contributed by atoms with Crippen molar-refractivity contribution in [3.63, 3.8) is 0 Å². The van der Waals surface area contributed by atoms with Gasteiger partial charge in [0, 0.05) is 0 Å². The summed E-state index contributed by atoms with van der Waals surface area (Å²) in [6, 6.07) is 21.2. The van der Waals surface area contributed by atoms with Crippen LogP contribution in [0.2, 0.25) is 5.04 Å². The largest absolute Gasteiger partial charge is 0.481 e. The molecule has 3 aromatic rings. The molecule has 0 aliphatic rings. The average Bonchev–Trinajstić information content (AvgIpc) is 2.70. The second kappa shape index (κ2) is 8.25. The van der Waals surface area contributed by atoms with Crippen molar-refractivity contribution in [3.05, 3.63) is 78.2 Å². The molecular weight excluding hydrogens is 364 g/mol. The molecule has 0 amide bonds. The van der Waals surface area contributed by atoms with E-state index < -0.39 is 8.32 Å². The molecule has 1 aromatic heterocycles. The van der Waals surface area contributed by atoms with Gasteiger partial charge in [0.15, 0.2) is 0 Å². The van der Waals surface area contributed by atoms with Gasteiger partial charge >= 0.3 is 0 Å². The van der Waals surface area contributed by atoms with Gasteiger partial charge in [-0.25, -0.2) is 4.98 Å². The maximum atomic E-state index is 6.94. The first-order chi connectivity index (χ1) is 13.4. The van der Waals surface area contributed by atoms with E-state index in [1.807, 2.05) is 19.1 Å². The van der Waals surface area contributed by atoms with Gasteiger partial charge in [0.1, 0.15) is 0 Å². The minimum atomic E-state index is -2.61. The lowest BCUT2D eigenvalue weighted by atomic mass is 10.2. The highest BCUT2D eigenvalue weighted by atomic mass is 28.4. The Morgan fingerprint density at radius 2 is 1.43 bits per heavy atom. The standard InChI is InChI=1S/C23H27N2O2Si/c1-18-21(22(26-5)25-17-24-18)16-27-28(23(2,3)4,19-12-8-6-9-13-19)20-14-10-7-11-15-20/h6-15H,16H2,1-5H3. The second-order valence-corrected chi connectivity index (χ2v) is 12.2. The number of hydrogen-bond acceptors (Lipinski definition) is 4. The number of aryl methyl sites for hydroxylation is 1. The SMILES string of the molecule is COc1n[c]nc(C)c1CO[Si](c1ccccc1)(c1ccccc1)C(C)(C)C. The summed E-state index contributed by atoms with van der Waals surface area (Å²) >= 11 is 0. The van der Waals surface area contributed by atoms with Gasteiger partial charge in [-0.3, -0.25) is 0 Å². The van der Waals surface area contributed by atoms with Crippen LogP contribution in [0.3, 0.4) is 0 Å². The maximum Gasteiger partial charge on any atom is 0.261 e. The highest BCUT2D eigenvalue weighted by Crippen LogP contribution is 2.37. The van der Waals surface area contributed by atoms with Crippen molar-refractivity contribution in [2.45, 2.75) is 39.3 Å². The second-order valence-electron chi connectivity index (χ2n) is 7.85. The zero-order chi connectivity index (χ0) is 20.2. The van der Waals surface area contributed by atoms with Gasteiger partial charge in [0.2, 0.25) is 12.2 Å². The number of aromatic nitrogens is 2. The molecule has 0 bridgehead atoms. The van der Waals surface area contributed by atoms with E-state index in [1.165, 1.54) is 10.4 Å². The zero-order valence-corrected chi connectivity index (χ0v) is 18.2. The first-order valence-electron chi connectivity index (χ1n) is 9.42. The molecule has 0 atom stereocenters. The van der Waals surface area contributed by atoms with Crippen LogP contribution in [0.15, 0.2) is 60.7 Å². The fraction of sp³-hybridized carbons (Fsp3) is 0.304. The monoisotopic (exact) mass is 391 g/mol. The minimum absolute atomic E-state index is 0.0847. The molecule has 0 spiro atoms. The Balaban J connectivity index is 2.15. The molecule has 0 saturated heterocycles. The molecule has 1 radical (unpaired) electrons. The van der Waals surface area contributed by atoms with Crippen molar-refractivity contribution in [2.24, 2.45) is 0 Å². The molecule has 0 unspecified atom stereocenters. The van der Waals surface area contributed by atoms with Crippen LogP contribution < -0.4 is 15.1 Å². The van der Waals surface area contributed by atoms with Crippen LogP contribution in [0.1, 0.15) is 32.0 Å². The smallest absolute Gasteiger partial charge is 0.261 e. The third kappa shape index (κ3) is 3.73. The normalized spacial score (nSPS) is 12.0. The van der Waals surface area contributed by atoms with Gasteiger partial charge in [0.05, 0.1) is 25.0 Å². The number of nitrogens with zero attached hydrogens (tertiary/aromatic N) is 2. The van der Waals surface area contributed by atoms with E-state index in [0.29, 0.717) is 12.5 Å². The van der Waals surface area contributed by atoms with E-state index in [0.717, 1.165) is 11.3 Å². The summed E-state index contributed by atoms with van der Waals surface area (Å²) in [5.41, 5.74) is 1.69. The first-order valence-corrected chi connectivity index (χ1v) is 11.3. The van der Waals surface area contributed by atoms with Crippen molar-refractivity contribution < 1.29 is 9.16 Å². The summed E-state index contributed by atoms with van der Waals surface area (Å²) in [6.07, 6.45) is 2.64. The Bertz CT molecular complexity index is 869. The Morgan fingerprint density at radius 3 is 1.89 bits per heavy atom. The van der Waals surface area contributed by atoms with Crippen molar-refractivity contribution in [1.82, 2.24) is 9.97 Å². The molecular formula is C23H27N2O2Si. The minimum Gasteiger partial charge on any atom is -0.481 e. The molecule has 0 aliphatic carbocycles. The predicted octanol–water partition coefficient (Wildman–Crippen LogP) is 3.67. The highest BCUT2D eigenvalue weighted by molar-refractivity contribution is 6.99. The maximum absolute atomic E-state index is 6.94. The van der Waals surface area contributed by atoms with Crippen LogP contribution in [-0.2, 0) is 11.0 Å². The van der Waals surface area contributed by atoms with Gasteiger partial charge in [-0.1, -0.05) is 81.4 Å². The van der Waals surface area contributed by atoms with Crippen molar-refractivity contribution in [2.75, 3.05) is 7.11 Å². The molecule has 0 N–H and O–H groups in total. The Labute approximate surface area is 168 Å². The van der Waals surface area contributed by atoms with Crippen molar-refractivity contribution in [3.8, 4) is 5.88 Å². The van der Waals surface area contributed by atoms with Crippen LogP contribution in [0, 0.1) is 13.3 Å². The molecule has 0 aliphatic heterocycles. The van der Waals surface area contributed by atoms with Crippen LogP contribution in [0.4, 0.5) is 0 Å². The molecule has 28 heavy (non-hydrogen) atoms. The lowest BCUT2D eigenvalue weighted by molar-refractivity contribution is 0.274. The van der Waals surface area contributed by atoms with Gasteiger partial charge < -0.3 is 9.16 Å². The lowest BCUT2D eigenvalue weighted by Crippen LogP contribution is -2.66. The molecule has 1 heterocycles. The Hall–Kier alpha value is -2.50. The van der Waals surface area contributed by atoms with Crippen LogP contribution in [-0.4, -0.2) is 25.4 Å². The number of rotatable bonds is 6. The van der Waals surface area contributed by atoms with E-state index in [9.17, 15) is 0 Å². The Morgan fingerprint density at radius 1 is 0.893 bits per heavy atom. The molecule has 4 nitrogen and oxygen atoms in total. The van der Waals surface area contributed by atoms with Gasteiger partial charge in [-0.05, 0) is 22.3 Å². The highest BCUT2D eigenvalue weighted by Gasteiger charge is 2.50. The van der Waals surface area contributed by atoms with Crippen LogP contribution in [0.5, 0.6) is 5.88 Å². The quantitative estimate of drug-likeness (QED) is 0.602. The van der Waals surface area contributed by atoms with Gasteiger partial charge in [-0.15, -0.1) is 0 Å². The molecule has 145 valence electrons. The van der Waals surface area contributed by atoms with E-state index in [4.69, 9.17) is 9.16 Å². The molecule has 3 rings (SSSR count). The number of methoxy groups -OCH3 is 1. The number of ether oxygens (including phenoxy) is 1. The summed E-state index contributed by atoms with van der Waals surface area (Å²) in [4.78, 5) is 8.36. The third-order valence-corrected chi connectivity index (χ3v) is 10.1. The fourth-order valence-electron chi connectivity index (χ4n) is 3.71. The average molecular weight is 392 g/mol. The topological polar surface area (TPSA) is 44.2 Å². The Kier molecular flexibility index (Phi) is 5.96. The van der Waals surface area contributed by atoms with Crippen molar-refractivity contribution in [1.29, 1.82) is 0 Å². The molecule has 0 fully saturated rings. The fourth-order valence-corrected chi connectivity index (χ4v) is 8.23. The van der Waals surface area contributed by atoms with Crippen LogP contribution in [0.25, 0.3) is 0 Å². The van der Waals surface area contributed by atoms with Gasteiger partial charge in [0.25, 0.3) is 8.32 Å². The third-order valence-electron chi connectivity index (χ3n) is 5.11. The molecule has 5 heteroatoms. The van der Waals surface area contributed by atoms with Gasteiger partial charge in [-0.2, -0.15) is 4.98 Å². The number of hydrogen-bond donors (Lipinski definition) is 0. The predicted molar refractivity (Wildman–Crippen MR) is 115 cm³/mol. The summed E-state index contributed by atoms with van der Waals surface area (Å²) in [6.45, 7) is 9.11. The molecule has 2 aromatic carbocycles. The van der Waals surface area contributed by atoms with Crippen LogP contribution >= 0.6 is 0 Å². The summed E-state index contributed by atoms with van der Waals surface area (Å²) in [7, 11) is -0.999. The summed E-state index contributed by atoms with van der Waals surface area (Å²) < 4.78 is 12.4. The van der Waals surface area contributed by atoms with E-state index in [-0.39, 0.29) is 5.04 Å². The zero-order valence-electron chi connectivity index (χ0n) is 17.2. The summed E-state index contributed by atoms with van der Waals surface area (Å²) in [5.74, 6) is 0.519. The lowest BCUT2D eigenvalue weighted by Gasteiger charge is -2.43. The van der Waals surface area contributed by atoms with E-state index in [1.54, 1.807) is 7.11 Å². The molecule has 0 saturated carbocycles. The van der Waals surface area contributed by atoms with E-state index >= 15 is 0 Å².